The molecule has 0 aliphatic carbocycles. The van der Waals surface area contributed by atoms with E-state index in [2.05, 4.69) is 12.2 Å². The van der Waals surface area contributed by atoms with Gasteiger partial charge in [-0.2, -0.15) is 0 Å². The molecule has 1 N–H and O–H groups in total. The van der Waals surface area contributed by atoms with Crippen molar-refractivity contribution in [2.24, 2.45) is 0 Å². The lowest BCUT2D eigenvalue weighted by Crippen LogP contribution is -2.43. The Kier molecular flexibility index (Phi) is 2.55. The first-order valence-electron chi connectivity index (χ1n) is 5.22. The molecule has 0 saturated carbocycles. The quantitative estimate of drug-likeness (QED) is 0.723. The van der Waals surface area contributed by atoms with Gasteiger partial charge in [0.2, 0.25) is 0 Å². The highest BCUT2D eigenvalue weighted by Gasteiger charge is 2.27. The number of rotatable bonds is 1. The lowest BCUT2D eigenvalue weighted by Gasteiger charge is -2.35. The van der Waals surface area contributed by atoms with Crippen LogP contribution in [-0.2, 0) is 5.54 Å². The minimum atomic E-state index is -0.159. The van der Waals surface area contributed by atoms with Crippen LogP contribution in [0.5, 0.6) is 0 Å². The summed E-state index contributed by atoms with van der Waals surface area (Å²) in [4.78, 5) is 0. The third kappa shape index (κ3) is 1.80. The molecular formula is C12H16FN. The first kappa shape index (κ1) is 9.66. The summed E-state index contributed by atoms with van der Waals surface area (Å²) in [6, 6.07) is 6.84. The number of halogens is 1. The first-order valence-corrected chi connectivity index (χ1v) is 5.22. The van der Waals surface area contributed by atoms with Crippen LogP contribution in [0.4, 0.5) is 4.39 Å². The predicted molar refractivity (Wildman–Crippen MR) is 55.6 cm³/mol. The van der Waals surface area contributed by atoms with Crippen LogP contribution in [0.3, 0.4) is 0 Å². The predicted octanol–water partition coefficient (Wildman–Crippen LogP) is 2.81. The average Bonchev–Trinajstić information content (AvgIpc) is 2.19. The summed E-state index contributed by atoms with van der Waals surface area (Å²) in [5, 5.41) is 3.51. The number of piperidine rings is 1. The van der Waals surface area contributed by atoms with Crippen LogP contribution >= 0.6 is 0 Å². The van der Waals surface area contributed by atoms with Crippen molar-refractivity contribution in [1.29, 1.82) is 0 Å². The Morgan fingerprint density at radius 2 is 1.93 bits per heavy atom. The number of hydrogen-bond donors (Lipinski definition) is 1. The fourth-order valence-electron chi connectivity index (χ4n) is 2.12. The van der Waals surface area contributed by atoms with E-state index in [1.807, 2.05) is 12.1 Å². The van der Waals surface area contributed by atoms with E-state index in [0.717, 1.165) is 13.0 Å². The summed E-state index contributed by atoms with van der Waals surface area (Å²) in [6.07, 6.45) is 3.64. The van der Waals surface area contributed by atoms with E-state index < -0.39 is 0 Å². The summed E-state index contributed by atoms with van der Waals surface area (Å²) < 4.78 is 12.8. The zero-order chi connectivity index (χ0) is 10.0. The van der Waals surface area contributed by atoms with Crippen molar-refractivity contribution in [1.82, 2.24) is 5.32 Å². The molecule has 0 spiro atoms. The Morgan fingerprint density at radius 1 is 1.21 bits per heavy atom. The maximum atomic E-state index is 12.8. The van der Waals surface area contributed by atoms with Crippen molar-refractivity contribution in [2.75, 3.05) is 6.54 Å². The SMILES string of the molecule is CC1(c2ccc(F)cc2)CCCCN1. The molecule has 1 heterocycles. The second kappa shape index (κ2) is 3.70. The van der Waals surface area contributed by atoms with Crippen molar-refractivity contribution < 1.29 is 4.39 Å². The molecule has 0 radical (unpaired) electrons. The molecule has 0 amide bonds. The monoisotopic (exact) mass is 193 g/mol. The van der Waals surface area contributed by atoms with Crippen LogP contribution in [0, 0.1) is 5.82 Å². The maximum Gasteiger partial charge on any atom is 0.123 e. The van der Waals surface area contributed by atoms with Crippen molar-refractivity contribution in [3.63, 3.8) is 0 Å². The van der Waals surface area contributed by atoms with E-state index in [1.54, 1.807) is 0 Å². The van der Waals surface area contributed by atoms with Crippen molar-refractivity contribution >= 4 is 0 Å². The molecule has 1 aliphatic rings. The molecule has 1 aliphatic heterocycles. The van der Waals surface area contributed by atoms with Crippen molar-refractivity contribution in [2.45, 2.75) is 31.7 Å². The van der Waals surface area contributed by atoms with Crippen LogP contribution in [0.25, 0.3) is 0 Å². The Balaban J connectivity index is 2.23. The number of hydrogen-bond acceptors (Lipinski definition) is 1. The van der Waals surface area contributed by atoms with Gasteiger partial charge in [0, 0.05) is 5.54 Å². The Morgan fingerprint density at radius 3 is 2.50 bits per heavy atom. The van der Waals surface area contributed by atoms with Crippen molar-refractivity contribution in [3.8, 4) is 0 Å². The molecule has 0 aromatic heterocycles. The fourth-order valence-corrected chi connectivity index (χ4v) is 2.12. The number of benzene rings is 1. The summed E-state index contributed by atoms with van der Waals surface area (Å²) in [6.45, 7) is 3.26. The van der Waals surface area contributed by atoms with Gasteiger partial charge in [-0.3, -0.25) is 0 Å². The van der Waals surface area contributed by atoms with Gasteiger partial charge in [-0.05, 0) is 44.0 Å². The largest absolute Gasteiger partial charge is 0.308 e. The molecule has 1 aromatic carbocycles. The van der Waals surface area contributed by atoms with Gasteiger partial charge in [-0.15, -0.1) is 0 Å². The van der Waals surface area contributed by atoms with Crippen molar-refractivity contribution in [3.05, 3.63) is 35.6 Å². The lowest BCUT2D eigenvalue weighted by molar-refractivity contribution is 0.283. The Labute approximate surface area is 84.3 Å². The van der Waals surface area contributed by atoms with E-state index in [0.29, 0.717) is 0 Å². The minimum Gasteiger partial charge on any atom is -0.308 e. The Hall–Kier alpha value is -0.890. The van der Waals surface area contributed by atoms with Crippen LogP contribution in [0.1, 0.15) is 31.7 Å². The van der Waals surface area contributed by atoms with Crippen LogP contribution in [0.2, 0.25) is 0 Å². The average molecular weight is 193 g/mol. The second-order valence-corrected chi connectivity index (χ2v) is 4.22. The summed E-state index contributed by atoms with van der Waals surface area (Å²) in [7, 11) is 0. The highest BCUT2D eigenvalue weighted by atomic mass is 19.1. The van der Waals surface area contributed by atoms with Gasteiger partial charge in [0.1, 0.15) is 5.82 Å². The molecule has 1 aromatic rings. The normalized spacial score (nSPS) is 27.6. The maximum absolute atomic E-state index is 12.8. The third-order valence-electron chi connectivity index (χ3n) is 3.10. The van der Waals surface area contributed by atoms with Gasteiger partial charge in [0.05, 0.1) is 0 Å². The molecule has 76 valence electrons. The van der Waals surface area contributed by atoms with E-state index in [1.165, 1.54) is 30.5 Å². The first-order chi connectivity index (χ1) is 6.71. The molecule has 0 bridgehead atoms. The molecule has 1 unspecified atom stereocenters. The van der Waals surface area contributed by atoms with Gasteiger partial charge in [-0.1, -0.05) is 18.6 Å². The molecule has 2 rings (SSSR count). The highest BCUT2D eigenvalue weighted by Crippen LogP contribution is 2.29. The standard InChI is InChI=1S/C12H16FN/c1-12(8-2-3-9-14-12)10-4-6-11(13)7-5-10/h4-7,14H,2-3,8-9H2,1H3. The Bertz CT molecular complexity index is 299. The summed E-state index contributed by atoms with van der Waals surface area (Å²) in [5.41, 5.74) is 1.24. The zero-order valence-electron chi connectivity index (χ0n) is 8.52. The van der Waals surface area contributed by atoms with Crippen LogP contribution in [0.15, 0.2) is 24.3 Å². The molecule has 1 nitrogen and oxygen atoms in total. The fraction of sp³-hybridized carbons (Fsp3) is 0.500. The van der Waals surface area contributed by atoms with E-state index in [4.69, 9.17) is 0 Å². The van der Waals surface area contributed by atoms with E-state index >= 15 is 0 Å². The molecule has 14 heavy (non-hydrogen) atoms. The smallest absolute Gasteiger partial charge is 0.123 e. The summed E-state index contributed by atoms with van der Waals surface area (Å²) in [5.74, 6) is -0.159. The zero-order valence-corrected chi connectivity index (χ0v) is 8.52. The van der Waals surface area contributed by atoms with Gasteiger partial charge in [-0.25, -0.2) is 4.39 Å². The summed E-state index contributed by atoms with van der Waals surface area (Å²) >= 11 is 0. The van der Waals surface area contributed by atoms with Gasteiger partial charge >= 0.3 is 0 Å². The topological polar surface area (TPSA) is 12.0 Å². The van der Waals surface area contributed by atoms with E-state index in [9.17, 15) is 4.39 Å². The van der Waals surface area contributed by atoms with Gasteiger partial charge in [0.25, 0.3) is 0 Å². The lowest BCUT2D eigenvalue weighted by atomic mass is 9.84. The molecule has 1 saturated heterocycles. The van der Waals surface area contributed by atoms with Gasteiger partial charge in [0.15, 0.2) is 0 Å². The van der Waals surface area contributed by atoms with Gasteiger partial charge < -0.3 is 5.32 Å². The van der Waals surface area contributed by atoms with E-state index in [-0.39, 0.29) is 11.4 Å². The minimum absolute atomic E-state index is 0.0476. The second-order valence-electron chi connectivity index (χ2n) is 4.22. The highest BCUT2D eigenvalue weighted by molar-refractivity contribution is 5.24. The molecule has 1 fully saturated rings. The number of nitrogens with one attached hydrogen (secondary N) is 1. The molecule has 1 atom stereocenters. The van der Waals surface area contributed by atoms with Crippen LogP contribution in [-0.4, -0.2) is 6.54 Å². The molecular weight excluding hydrogens is 177 g/mol. The molecule has 2 heteroatoms. The van der Waals surface area contributed by atoms with Crippen LogP contribution < -0.4 is 5.32 Å². The third-order valence-corrected chi connectivity index (χ3v) is 3.10.